The molecule has 0 atom stereocenters. The van der Waals surface area contributed by atoms with Crippen LogP contribution in [0.15, 0.2) is 16.7 Å². The molecular formula is C10H16BrN3O. The minimum Gasteiger partial charge on any atom is -0.396 e. The van der Waals surface area contributed by atoms with Crippen molar-refractivity contribution in [2.24, 2.45) is 0 Å². The second kappa shape index (κ2) is 5.92. The number of halogens is 1. The van der Waals surface area contributed by atoms with Gasteiger partial charge >= 0.3 is 0 Å². The lowest BCUT2D eigenvalue weighted by atomic mass is 10.3. The van der Waals surface area contributed by atoms with Crippen molar-refractivity contribution in [3.8, 4) is 0 Å². The molecule has 0 aliphatic carbocycles. The van der Waals surface area contributed by atoms with Gasteiger partial charge in [-0.15, -0.1) is 0 Å². The van der Waals surface area contributed by atoms with Crippen molar-refractivity contribution < 1.29 is 5.11 Å². The standard InChI is InChI=1S/C10H16BrN3O/c1-2-14(4-3-5-15)10-9(12)6-8(11)7-13-10/h6-7,15H,2-5,12H2,1H3. The van der Waals surface area contributed by atoms with E-state index in [0.29, 0.717) is 5.69 Å². The summed E-state index contributed by atoms with van der Waals surface area (Å²) in [6.07, 6.45) is 2.46. The van der Waals surface area contributed by atoms with Crippen molar-refractivity contribution in [2.45, 2.75) is 13.3 Å². The molecule has 1 rings (SSSR count). The zero-order valence-electron chi connectivity index (χ0n) is 8.78. The van der Waals surface area contributed by atoms with Gasteiger partial charge in [0.2, 0.25) is 0 Å². The molecule has 1 aromatic heterocycles. The van der Waals surface area contributed by atoms with Crippen molar-refractivity contribution >= 4 is 27.4 Å². The molecule has 4 nitrogen and oxygen atoms in total. The van der Waals surface area contributed by atoms with E-state index in [0.717, 1.165) is 29.8 Å². The summed E-state index contributed by atoms with van der Waals surface area (Å²) in [5.41, 5.74) is 6.53. The van der Waals surface area contributed by atoms with Gasteiger partial charge in [0.15, 0.2) is 5.82 Å². The van der Waals surface area contributed by atoms with Gasteiger partial charge in [-0.2, -0.15) is 0 Å². The summed E-state index contributed by atoms with van der Waals surface area (Å²) >= 11 is 3.32. The number of hydrogen-bond donors (Lipinski definition) is 2. The Bertz CT molecular complexity index is 320. The number of pyridine rings is 1. The summed E-state index contributed by atoms with van der Waals surface area (Å²) in [7, 11) is 0. The van der Waals surface area contributed by atoms with Crippen LogP contribution in [0.4, 0.5) is 11.5 Å². The van der Waals surface area contributed by atoms with Crippen LogP contribution in [0, 0.1) is 0 Å². The van der Waals surface area contributed by atoms with E-state index in [1.807, 2.05) is 13.0 Å². The van der Waals surface area contributed by atoms with E-state index < -0.39 is 0 Å². The average Bonchev–Trinajstić information content (AvgIpc) is 2.21. The summed E-state index contributed by atoms with van der Waals surface area (Å²) in [6.45, 7) is 3.83. The van der Waals surface area contributed by atoms with Crippen LogP contribution >= 0.6 is 15.9 Å². The normalized spacial score (nSPS) is 10.3. The third kappa shape index (κ3) is 3.35. The first-order valence-corrected chi connectivity index (χ1v) is 5.75. The van der Waals surface area contributed by atoms with Crippen molar-refractivity contribution in [3.63, 3.8) is 0 Å². The third-order valence-electron chi connectivity index (χ3n) is 2.13. The first kappa shape index (κ1) is 12.3. The molecule has 0 bridgehead atoms. The van der Waals surface area contributed by atoms with Gasteiger partial charge in [-0.05, 0) is 35.3 Å². The first-order valence-electron chi connectivity index (χ1n) is 4.95. The predicted octanol–water partition coefficient (Wildman–Crippen LogP) is 1.64. The van der Waals surface area contributed by atoms with Crippen molar-refractivity contribution in [1.29, 1.82) is 0 Å². The number of nitrogens with zero attached hydrogens (tertiary/aromatic N) is 2. The summed E-state index contributed by atoms with van der Waals surface area (Å²) < 4.78 is 0.877. The van der Waals surface area contributed by atoms with E-state index >= 15 is 0 Å². The number of hydrogen-bond acceptors (Lipinski definition) is 4. The quantitative estimate of drug-likeness (QED) is 0.856. The zero-order valence-corrected chi connectivity index (χ0v) is 10.4. The molecule has 5 heteroatoms. The minimum absolute atomic E-state index is 0.187. The lowest BCUT2D eigenvalue weighted by Crippen LogP contribution is -2.26. The van der Waals surface area contributed by atoms with Crippen molar-refractivity contribution in [3.05, 3.63) is 16.7 Å². The fourth-order valence-electron chi connectivity index (χ4n) is 1.39. The average molecular weight is 274 g/mol. The van der Waals surface area contributed by atoms with Crippen LogP contribution in [0.25, 0.3) is 0 Å². The molecule has 0 fully saturated rings. The molecule has 0 spiro atoms. The van der Waals surface area contributed by atoms with Gasteiger partial charge in [0, 0.05) is 30.4 Å². The molecule has 84 valence electrons. The number of aromatic nitrogens is 1. The highest BCUT2D eigenvalue weighted by Gasteiger charge is 2.09. The topological polar surface area (TPSA) is 62.4 Å². The Morgan fingerprint density at radius 1 is 1.60 bits per heavy atom. The highest BCUT2D eigenvalue weighted by atomic mass is 79.9. The van der Waals surface area contributed by atoms with Gasteiger partial charge in [-0.1, -0.05) is 0 Å². The van der Waals surface area contributed by atoms with Crippen LogP contribution in [0.3, 0.4) is 0 Å². The molecular weight excluding hydrogens is 258 g/mol. The number of rotatable bonds is 5. The predicted molar refractivity (Wildman–Crippen MR) is 65.9 cm³/mol. The Morgan fingerprint density at radius 3 is 2.87 bits per heavy atom. The maximum atomic E-state index is 8.79. The van der Waals surface area contributed by atoms with Crippen LogP contribution in [0.1, 0.15) is 13.3 Å². The van der Waals surface area contributed by atoms with Gasteiger partial charge in [0.25, 0.3) is 0 Å². The molecule has 0 aliphatic heterocycles. The Balaban J connectivity index is 2.81. The van der Waals surface area contributed by atoms with Crippen LogP contribution in [-0.4, -0.2) is 29.8 Å². The van der Waals surface area contributed by atoms with E-state index in [1.54, 1.807) is 6.20 Å². The summed E-state index contributed by atoms with van der Waals surface area (Å²) in [5, 5.41) is 8.79. The minimum atomic E-state index is 0.187. The summed E-state index contributed by atoms with van der Waals surface area (Å²) in [4.78, 5) is 6.33. The molecule has 0 saturated heterocycles. The molecule has 0 radical (unpaired) electrons. The lowest BCUT2D eigenvalue weighted by Gasteiger charge is -2.22. The van der Waals surface area contributed by atoms with E-state index in [9.17, 15) is 0 Å². The molecule has 0 saturated carbocycles. The van der Waals surface area contributed by atoms with Crippen LogP contribution in [-0.2, 0) is 0 Å². The summed E-state index contributed by atoms with van der Waals surface area (Å²) in [5.74, 6) is 0.786. The number of nitrogens with two attached hydrogens (primary N) is 1. The van der Waals surface area contributed by atoms with Crippen molar-refractivity contribution in [2.75, 3.05) is 30.3 Å². The van der Waals surface area contributed by atoms with E-state index in [-0.39, 0.29) is 6.61 Å². The summed E-state index contributed by atoms with van der Waals surface area (Å²) in [6, 6.07) is 1.84. The molecule has 0 unspecified atom stereocenters. The smallest absolute Gasteiger partial charge is 0.151 e. The van der Waals surface area contributed by atoms with Gasteiger partial charge in [0.05, 0.1) is 5.69 Å². The van der Waals surface area contributed by atoms with E-state index in [1.165, 1.54) is 0 Å². The van der Waals surface area contributed by atoms with Gasteiger partial charge in [0.1, 0.15) is 0 Å². The Kier molecular flexibility index (Phi) is 4.84. The van der Waals surface area contributed by atoms with Crippen LogP contribution in [0.2, 0.25) is 0 Å². The number of anilines is 2. The fraction of sp³-hybridized carbons (Fsp3) is 0.500. The largest absolute Gasteiger partial charge is 0.396 e. The molecule has 0 aliphatic rings. The Morgan fingerprint density at radius 2 is 2.33 bits per heavy atom. The second-order valence-electron chi connectivity index (χ2n) is 3.22. The molecule has 0 amide bonds. The highest BCUT2D eigenvalue weighted by Crippen LogP contribution is 2.23. The lowest BCUT2D eigenvalue weighted by molar-refractivity contribution is 0.289. The zero-order chi connectivity index (χ0) is 11.3. The van der Waals surface area contributed by atoms with Gasteiger partial charge in [-0.3, -0.25) is 0 Å². The number of aliphatic hydroxyl groups excluding tert-OH is 1. The third-order valence-corrected chi connectivity index (χ3v) is 2.56. The molecule has 1 heterocycles. The maximum absolute atomic E-state index is 8.79. The number of nitrogen functional groups attached to an aromatic ring is 1. The monoisotopic (exact) mass is 273 g/mol. The van der Waals surface area contributed by atoms with Gasteiger partial charge < -0.3 is 15.7 Å². The molecule has 15 heavy (non-hydrogen) atoms. The number of aliphatic hydroxyl groups is 1. The molecule has 3 N–H and O–H groups in total. The van der Waals surface area contributed by atoms with Crippen LogP contribution < -0.4 is 10.6 Å². The highest BCUT2D eigenvalue weighted by molar-refractivity contribution is 9.10. The molecule has 0 aromatic carbocycles. The van der Waals surface area contributed by atoms with Gasteiger partial charge in [-0.25, -0.2) is 4.98 Å². The van der Waals surface area contributed by atoms with E-state index in [4.69, 9.17) is 10.8 Å². The van der Waals surface area contributed by atoms with Crippen LogP contribution in [0.5, 0.6) is 0 Å². The van der Waals surface area contributed by atoms with Crippen molar-refractivity contribution in [1.82, 2.24) is 4.98 Å². The first-order chi connectivity index (χ1) is 7.19. The molecule has 1 aromatic rings. The SMILES string of the molecule is CCN(CCCO)c1ncc(Br)cc1N. The Labute approximate surface area is 98.2 Å². The Hall–Kier alpha value is -0.810. The maximum Gasteiger partial charge on any atom is 0.151 e. The second-order valence-corrected chi connectivity index (χ2v) is 4.14. The fourth-order valence-corrected chi connectivity index (χ4v) is 1.74. The van der Waals surface area contributed by atoms with E-state index in [2.05, 4.69) is 25.8 Å².